The summed E-state index contributed by atoms with van der Waals surface area (Å²) in [4.78, 5) is 45.2. The van der Waals surface area contributed by atoms with E-state index in [1.54, 1.807) is 12.1 Å². The van der Waals surface area contributed by atoms with Crippen molar-refractivity contribution in [2.45, 2.75) is 19.3 Å². The Kier molecular flexibility index (Phi) is 6.27. The van der Waals surface area contributed by atoms with Crippen molar-refractivity contribution < 1.29 is 14.0 Å². The fourth-order valence-electron chi connectivity index (χ4n) is 3.80. The monoisotopic (exact) mass is 455 g/mol. The fourth-order valence-corrected chi connectivity index (χ4v) is 3.91. The van der Waals surface area contributed by atoms with Crippen molar-refractivity contribution in [3.63, 3.8) is 0 Å². The Bertz CT molecular complexity index is 1210. The third kappa shape index (κ3) is 4.67. The molecule has 0 spiro atoms. The van der Waals surface area contributed by atoms with Crippen LogP contribution in [0.3, 0.4) is 0 Å². The van der Waals surface area contributed by atoms with Gasteiger partial charge in [0.1, 0.15) is 11.6 Å². The summed E-state index contributed by atoms with van der Waals surface area (Å²) in [7, 11) is 0. The van der Waals surface area contributed by atoms with Gasteiger partial charge in [-0.25, -0.2) is 9.37 Å². The molecule has 3 aromatic rings. The number of rotatable bonds is 5. The standard InChI is InChI=1S/C22H19ClFN5O3/c23-13-4-7-19(26-11-13)28-22(32)16-3-1-2-15(16)21(31)27-18-6-5-14(10-17(18)24)29-9-8-25-12-20(29)30/h4-12,15-16H,1-3H2,(H,27,31)(H,26,28,32)/t15-,16-/m0/s1. The number of amides is 2. The molecule has 1 aliphatic rings. The molecule has 1 aromatic carbocycles. The normalized spacial score (nSPS) is 17.7. The lowest BCUT2D eigenvalue weighted by Crippen LogP contribution is -2.33. The molecular weight excluding hydrogens is 437 g/mol. The predicted molar refractivity (Wildman–Crippen MR) is 117 cm³/mol. The van der Waals surface area contributed by atoms with Crippen LogP contribution in [-0.2, 0) is 9.59 Å². The molecule has 0 unspecified atom stereocenters. The van der Waals surface area contributed by atoms with Crippen LogP contribution < -0.4 is 16.2 Å². The summed E-state index contributed by atoms with van der Waals surface area (Å²) in [5.74, 6) is -2.23. The van der Waals surface area contributed by atoms with E-state index < -0.39 is 29.1 Å². The number of anilines is 2. The SMILES string of the molecule is O=C(Nc1ccc(Cl)cn1)[C@H]1CCC[C@@H]1C(=O)Nc1ccc(-n2ccncc2=O)cc1F. The van der Waals surface area contributed by atoms with Gasteiger partial charge in [0.2, 0.25) is 11.8 Å². The van der Waals surface area contributed by atoms with Crippen LogP contribution in [0.5, 0.6) is 0 Å². The molecule has 2 heterocycles. The molecule has 32 heavy (non-hydrogen) atoms. The van der Waals surface area contributed by atoms with Crippen LogP contribution >= 0.6 is 11.6 Å². The summed E-state index contributed by atoms with van der Waals surface area (Å²) in [5, 5.41) is 5.72. The van der Waals surface area contributed by atoms with E-state index in [0.717, 1.165) is 12.3 Å². The molecule has 2 N–H and O–H groups in total. The zero-order valence-electron chi connectivity index (χ0n) is 16.8. The van der Waals surface area contributed by atoms with Crippen molar-refractivity contribution in [3.05, 3.63) is 76.3 Å². The van der Waals surface area contributed by atoms with Gasteiger partial charge in [0.25, 0.3) is 5.56 Å². The summed E-state index contributed by atoms with van der Waals surface area (Å²) in [6.45, 7) is 0. The van der Waals surface area contributed by atoms with Crippen LogP contribution in [0.25, 0.3) is 5.69 Å². The number of nitrogens with zero attached hydrogens (tertiary/aromatic N) is 3. The summed E-state index contributed by atoms with van der Waals surface area (Å²) in [6.07, 6.45) is 7.15. The van der Waals surface area contributed by atoms with Crippen LogP contribution in [0.4, 0.5) is 15.9 Å². The lowest BCUT2D eigenvalue weighted by Gasteiger charge is -2.19. The predicted octanol–water partition coefficient (Wildman–Crippen LogP) is 3.41. The molecule has 4 rings (SSSR count). The lowest BCUT2D eigenvalue weighted by molar-refractivity contribution is -0.128. The van der Waals surface area contributed by atoms with Gasteiger partial charge in [-0.05, 0) is 37.1 Å². The topological polar surface area (TPSA) is 106 Å². The number of aromatic nitrogens is 3. The van der Waals surface area contributed by atoms with E-state index in [4.69, 9.17) is 11.6 Å². The highest BCUT2D eigenvalue weighted by Crippen LogP contribution is 2.34. The van der Waals surface area contributed by atoms with Gasteiger partial charge in [-0.2, -0.15) is 0 Å². The van der Waals surface area contributed by atoms with Crippen molar-refractivity contribution >= 4 is 34.9 Å². The first-order chi connectivity index (χ1) is 15.4. The Morgan fingerprint density at radius 2 is 1.81 bits per heavy atom. The van der Waals surface area contributed by atoms with Gasteiger partial charge < -0.3 is 10.6 Å². The van der Waals surface area contributed by atoms with Gasteiger partial charge in [0.15, 0.2) is 0 Å². The van der Waals surface area contributed by atoms with Crippen LogP contribution in [-0.4, -0.2) is 26.3 Å². The van der Waals surface area contributed by atoms with E-state index in [1.165, 1.54) is 35.3 Å². The molecule has 0 bridgehead atoms. The Balaban J connectivity index is 1.45. The Labute approximate surface area is 187 Å². The zero-order chi connectivity index (χ0) is 22.7. The third-order valence-corrected chi connectivity index (χ3v) is 5.60. The highest BCUT2D eigenvalue weighted by Gasteiger charge is 2.38. The summed E-state index contributed by atoms with van der Waals surface area (Å²) >= 11 is 5.80. The lowest BCUT2D eigenvalue weighted by atomic mass is 9.94. The third-order valence-electron chi connectivity index (χ3n) is 5.38. The zero-order valence-corrected chi connectivity index (χ0v) is 17.6. The van der Waals surface area contributed by atoms with Crippen LogP contribution in [0.2, 0.25) is 5.02 Å². The highest BCUT2D eigenvalue weighted by atomic mass is 35.5. The molecule has 10 heteroatoms. The van der Waals surface area contributed by atoms with Crippen molar-refractivity contribution in [1.82, 2.24) is 14.5 Å². The minimum Gasteiger partial charge on any atom is -0.323 e. The molecule has 2 atom stereocenters. The largest absolute Gasteiger partial charge is 0.323 e. The van der Waals surface area contributed by atoms with Crippen molar-refractivity contribution in [2.75, 3.05) is 10.6 Å². The van der Waals surface area contributed by atoms with Crippen molar-refractivity contribution in [1.29, 1.82) is 0 Å². The molecule has 1 fully saturated rings. The minimum atomic E-state index is -0.691. The maximum Gasteiger partial charge on any atom is 0.273 e. The first-order valence-corrected chi connectivity index (χ1v) is 10.4. The van der Waals surface area contributed by atoms with Crippen molar-refractivity contribution in [2.24, 2.45) is 11.8 Å². The van der Waals surface area contributed by atoms with Crippen LogP contribution in [0.15, 0.2) is 59.9 Å². The summed E-state index contributed by atoms with van der Waals surface area (Å²) in [6, 6.07) is 7.25. The Morgan fingerprint density at radius 3 is 2.47 bits per heavy atom. The molecule has 0 radical (unpaired) electrons. The molecule has 8 nitrogen and oxygen atoms in total. The maximum absolute atomic E-state index is 14.6. The van der Waals surface area contributed by atoms with E-state index in [1.807, 2.05) is 0 Å². The quantitative estimate of drug-likeness (QED) is 0.613. The van der Waals surface area contributed by atoms with E-state index in [9.17, 15) is 18.8 Å². The molecule has 0 aliphatic heterocycles. The molecule has 164 valence electrons. The van der Waals surface area contributed by atoms with Crippen molar-refractivity contribution in [3.8, 4) is 5.69 Å². The number of hydrogen-bond donors (Lipinski definition) is 2. The average Bonchev–Trinajstić information content (AvgIpc) is 3.27. The first kappa shape index (κ1) is 21.6. The average molecular weight is 456 g/mol. The van der Waals surface area contributed by atoms with Gasteiger partial charge in [-0.15, -0.1) is 0 Å². The molecule has 1 aliphatic carbocycles. The van der Waals surface area contributed by atoms with Crippen LogP contribution in [0, 0.1) is 17.7 Å². The van der Waals surface area contributed by atoms with E-state index >= 15 is 0 Å². The number of carbonyl (C=O) groups is 2. The Hall–Kier alpha value is -3.59. The second kappa shape index (κ2) is 9.27. The van der Waals surface area contributed by atoms with E-state index in [0.29, 0.717) is 35.8 Å². The van der Waals surface area contributed by atoms with E-state index in [-0.39, 0.29) is 11.6 Å². The number of pyridine rings is 1. The van der Waals surface area contributed by atoms with Gasteiger partial charge >= 0.3 is 0 Å². The highest BCUT2D eigenvalue weighted by molar-refractivity contribution is 6.30. The number of hydrogen-bond acceptors (Lipinski definition) is 5. The number of carbonyl (C=O) groups excluding carboxylic acids is 2. The molecule has 2 aromatic heterocycles. The molecular formula is C22H19ClFN5O3. The second-order valence-corrected chi connectivity index (χ2v) is 7.87. The number of halogens is 2. The van der Waals surface area contributed by atoms with Gasteiger partial charge in [-0.3, -0.25) is 23.9 Å². The smallest absolute Gasteiger partial charge is 0.273 e. The molecule has 1 saturated carbocycles. The van der Waals surface area contributed by atoms with Gasteiger partial charge in [0, 0.05) is 36.5 Å². The molecule has 0 saturated heterocycles. The summed E-state index contributed by atoms with van der Waals surface area (Å²) in [5.41, 5.74) is -0.119. The summed E-state index contributed by atoms with van der Waals surface area (Å²) < 4.78 is 15.9. The van der Waals surface area contributed by atoms with Crippen LogP contribution in [0.1, 0.15) is 19.3 Å². The second-order valence-electron chi connectivity index (χ2n) is 7.43. The van der Waals surface area contributed by atoms with Gasteiger partial charge in [0.05, 0.1) is 22.6 Å². The van der Waals surface area contributed by atoms with E-state index in [2.05, 4.69) is 20.6 Å². The Morgan fingerprint density at radius 1 is 1.06 bits per heavy atom. The molecule has 2 amide bonds. The number of nitrogens with one attached hydrogen (secondary N) is 2. The fraction of sp³-hybridized carbons (Fsp3) is 0.227. The maximum atomic E-state index is 14.6. The first-order valence-electron chi connectivity index (χ1n) is 9.98. The van der Waals surface area contributed by atoms with Gasteiger partial charge in [-0.1, -0.05) is 18.0 Å². The minimum absolute atomic E-state index is 0.0220. The number of benzene rings is 1.